The number of hydrogen-bond acceptors (Lipinski definition) is 4. The second-order valence-corrected chi connectivity index (χ2v) is 6.18. The van der Waals surface area contributed by atoms with Gasteiger partial charge in [-0.2, -0.15) is 0 Å². The zero-order valence-corrected chi connectivity index (χ0v) is 15.4. The van der Waals surface area contributed by atoms with E-state index in [4.69, 9.17) is 4.74 Å². The molecule has 0 saturated carbocycles. The van der Waals surface area contributed by atoms with Crippen molar-refractivity contribution in [1.29, 1.82) is 0 Å². The lowest BCUT2D eigenvalue weighted by Crippen LogP contribution is -2.39. The van der Waals surface area contributed by atoms with Crippen molar-refractivity contribution in [1.82, 2.24) is 4.90 Å². The maximum Gasteiger partial charge on any atom is 0.241 e. The zero-order chi connectivity index (χ0) is 19.3. The monoisotopic (exact) mass is 358 g/mol. The second-order valence-electron chi connectivity index (χ2n) is 6.18. The number of rotatable bonds is 7. The molecule has 1 N–H and O–H groups in total. The van der Waals surface area contributed by atoms with E-state index in [1.165, 1.54) is 20.1 Å². The molecule has 6 heteroatoms. The molecule has 2 aromatic rings. The summed E-state index contributed by atoms with van der Waals surface area (Å²) in [6.07, 6.45) is 0. The Bertz CT molecular complexity index is 790. The van der Waals surface area contributed by atoms with Crippen molar-refractivity contribution in [3.05, 3.63) is 59.4 Å². The number of carbonyl (C=O) groups excluding carboxylic acids is 2. The minimum atomic E-state index is -0.430. The van der Waals surface area contributed by atoms with Crippen LogP contribution in [0.1, 0.15) is 29.8 Å². The highest BCUT2D eigenvalue weighted by atomic mass is 19.1. The predicted octanol–water partition coefficient (Wildman–Crippen LogP) is 3.50. The Morgan fingerprint density at radius 3 is 2.38 bits per heavy atom. The van der Waals surface area contributed by atoms with E-state index in [0.717, 1.165) is 5.56 Å². The average Bonchev–Trinajstić information content (AvgIpc) is 2.61. The van der Waals surface area contributed by atoms with Crippen LogP contribution in [0.5, 0.6) is 5.75 Å². The Hall–Kier alpha value is -2.73. The summed E-state index contributed by atoms with van der Waals surface area (Å²) in [5.74, 6) is -0.447. The van der Waals surface area contributed by atoms with Crippen molar-refractivity contribution in [3.63, 3.8) is 0 Å². The molecule has 5 nitrogen and oxygen atoms in total. The van der Waals surface area contributed by atoms with Gasteiger partial charge in [0.05, 0.1) is 13.2 Å². The first-order chi connectivity index (χ1) is 12.3. The van der Waals surface area contributed by atoms with Gasteiger partial charge in [0.15, 0.2) is 17.3 Å². The molecule has 0 saturated heterocycles. The molecule has 1 atom stereocenters. The van der Waals surface area contributed by atoms with E-state index in [1.54, 1.807) is 50.4 Å². The Labute approximate surface area is 152 Å². The molecule has 0 aliphatic rings. The Morgan fingerprint density at radius 2 is 1.85 bits per heavy atom. The van der Waals surface area contributed by atoms with Crippen LogP contribution in [0.4, 0.5) is 10.1 Å². The molecule has 0 fully saturated rings. The largest absolute Gasteiger partial charge is 0.494 e. The number of methoxy groups -OCH3 is 1. The molecule has 0 bridgehead atoms. The van der Waals surface area contributed by atoms with Crippen molar-refractivity contribution in [3.8, 4) is 5.75 Å². The standard InChI is InChI=1S/C20H23FN2O3/c1-13(20(25)22-17-8-6-16(7-9-17)14(2)24)23(3)12-15-5-10-19(26-4)18(21)11-15/h5-11,13H,12H2,1-4H3,(H,22,25)/t13-/m0/s1. The van der Waals surface area contributed by atoms with Gasteiger partial charge in [0.2, 0.25) is 5.91 Å². The third kappa shape index (κ3) is 4.89. The van der Waals surface area contributed by atoms with Crippen LogP contribution in [0.3, 0.4) is 0 Å². The van der Waals surface area contributed by atoms with E-state index in [0.29, 0.717) is 17.8 Å². The van der Waals surface area contributed by atoms with Gasteiger partial charge in [-0.15, -0.1) is 0 Å². The van der Waals surface area contributed by atoms with Gasteiger partial charge < -0.3 is 10.1 Å². The quantitative estimate of drug-likeness (QED) is 0.770. The highest BCUT2D eigenvalue weighted by Gasteiger charge is 2.19. The number of likely N-dealkylation sites (N-methyl/N-ethyl adjacent to an activating group) is 1. The number of nitrogens with one attached hydrogen (secondary N) is 1. The number of carbonyl (C=O) groups is 2. The first kappa shape index (κ1) is 19.6. The molecule has 26 heavy (non-hydrogen) atoms. The van der Waals surface area contributed by atoms with Gasteiger partial charge in [0.1, 0.15) is 0 Å². The zero-order valence-electron chi connectivity index (χ0n) is 15.4. The summed E-state index contributed by atoms with van der Waals surface area (Å²) in [5, 5.41) is 2.82. The molecule has 0 aliphatic heterocycles. The van der Waals surface area contributed by atoms with Crippen LogP contribution in [0, 0.1) is 5.82 Å². The molecule has 0 aliphatic carbocycles. The lowest BCUT2D eigenvalue weighted by atomic mass is 10.1. The molecule has 2 aromatic carbocycles. The fraction of sp³-hybridized carbons (Fsp3) is 0.300. The normalized spacial score (nSPS) is 11.9. The first-order valence-electron chi connectivity index (χ1n) is 8.26. The number of Topliss-reactive ketones (excluding diaryl/α,β-unsaturated/α-hetero) is 1. The van der Waals surface area contributed by atoms with Crippen molar-refractivity contribution in [2.75, 3.05) is 19.5 Å². The summed E-state index contributed by atoms with van der Waals surface area (Å²) in [4.78, 5) is 25.5. The van der Waals surface area contributed by atoms with Gasteiger partial charge >= 0.3 is 0 Å². The van der Waals surface area contributed by atoms with Crippen molar-refractivity contribution in [2.45, 2.75) is 26.4 Å². The number of anilines is 1. The van der Waals surface area contributed by atoms with Crippen LogP contribution in [-0.2, 0) is 11.3 Å². The number of halogens is 1. The molecule has 0 aromatic heterocycles. The summed E-state index contributed by atoms with van der Waals surface area (Å²) in [5.41, 5.74) is 1.96. The molecule has 0 heterocycles. The van der Waals surface area contributed by atoms with E-state index >= 15 is 0 Å². The minimum absolute atomic E-state index is 0.0253. The summed E-state index contributed by atoms with van der Waals surface area (Å²) >= 11 is 0. The number of ether oxygens (including phenoxy) is 1. The van der Waals surface area contributed by atoms with Crippen LogP contribution in [0.2, 0.25) is 0 Å². The number of hydrogen-bond donors (Lipinski definition) is 1. The van der Waals surface area contributed by atoms with Gasteiger partial charge in [-0.1, -0.05) is 6.07 Å². The van der Waals surface area contributed by atoms with Crippen LogP contribution in [0.15, 0.2) is 42.5 Å². The van der Waals surface area contributed by atoms with Crippen LogP contribution < -0.4 is 10.1 Å². The Morgan fingerprint density at radius 1 is 1.19 bits per heavy atom. The van der Waals surface area contributed by atoms with Crippen LogP contribution in [0.25, 0.3) is 0 Å². The second kappa shape index (κ2) is 8.58. The fourth-order valence-corrected chi connectivity index (χ4v) is 2.47. The van der Waals surface area contributed by atoms with E-state index in [9.17, 15) is 14.0 Å². The molecule has 0 unspecified atom stereocenters. The van der Waals surface area contributed by atoms with Crippen LogP contribution >= 0.6 is 0 Å². The summed E-state index contributed by atoms with van der Waals surface area (Å²) in [6, 6.07) is 11.1. The first-order valence-corrected chi connectivity index (χ1v) is 8.26. The summed E-state index contributed by atoms with van der Waals surface area (Å²) in [6.45, 7) is 3.69. The lowest BCUT2D eigenvalue weighted by molar-refractivity contribution is -0.120. The topological polar surface area (TPSA) is 58.6 Å². The molecular weight excluding hydrogens is 335 g/mol. The van der Waals surface area contributed by atoms with Crippen molar-refractivity contribution in [2.24, 2.45) is 0 Å². The highest BCUT2D eigenvalue weighted by Crippen LogP contribution is 2.19. The molecule has 138 valence electrons. The summed E-state index contributed by atoms with van der Waals surface area (Å²) < 4.78 is 18.7. The maximum atomic E-state index is 13.8. The number of ketones is 1. The number of amides is 1. The minimum Gasteiger partial charge on any atom is -0.494 e. The lowest BCUT2D eigenvalue weighted by Gasteiger charge is -2.24. The van der Waals surface area contributed by atoms with Gasteiger partial charge in [0, 0.05) is 17.8 Å². The predicted molar refractivity (Wildman–Crippen MR) is 99.0 cm³/mol. The van der Waals surface area contributed by atoms with E-state index in [1.807, 2.05) is 4.90 Å². The number of benzene rings is 2. The Kier molecular flexibility index (Phi) is 6.46. The van der Waals surface area contributed by atoms with Gasteiger partial charge in [-0.05, 0) is 62.9 Å². The molecule has 0 radical (unpaired) electrons. The maximum absolute atomic E-state index is 13.8. The van der Waals surface area contributed by atoms with E-state index < -0.39 is 11.9 Å². The van der Waals surface area contributed by atoms with Gasteiger partial charge in [-0.3, -0.25) is 14.5 Å². The van der Waals surface area contributed by atoms with E-state index in [-0.39, 0.29) is 17.4 Å². The molecule has 0 spiro atoms. The highest BCUT2D eigenvalue weighted by molar-refractivity contribution is 5.96. The van der Waals surface area contributed by atoms with Gasteiger partial charge in [0.25, 0.3) is 0 Å². The van der Waals surface area contributed by atoms with Gasteiger partial charge in [-0.25, -0.2) is 4.39 Å². The molecular formula is C20H23FN2O3. The third-order valence-electron chi connectivity index (χ3n) is 4.25. The smallest absolute Gasteiger partial charge is 0.241 e. The Balaban J connectivity index is 1.98. The summed E-state index contributed by atoms with van der Waals surface area (Å²) in [7, 11) is 3.21. The molecule has 1 amide bonds. The van der Waals surface area contributed by atoms with Crippen LogP contribution in [-0.4, -0.2) is 36.8 Å². The van der Waals surface area contributed by atoms with E-state index in [2.05, 4.69) is 5.32 Å². The van der Waals surface area contributed by atoms with Crippen molar-refractivity contribution >= 4 is 17.4 Å². The SMILES string of the molecule is COc1ccc(CN(C)[C@@H](C)C(=O)Nc2ccc(C(C)=O)cc2)cc1F. The number of nitrogens with zero attached hydrogens (tertiary/aromatic N) is 1. The third-order valence-corrected chi connectivity index (χ3v) is 4.25. The fourth-order valence-electron chi connectivity index (χ4n) is 2.47. The molecule has 2 rings (SSSR count). The van der Waals surface area contributed by atoms with Crippen molar-refractivity contribution < 1.29 is 18.7 Å². The average molecular weight is 358 g/mol.